The van der Waals surface area contributed by atoms with Crippen molar-refractivity contribution < 1.29 is 64.4 Å². The van der Waals surface area contributed by atoms with Gasteiger partial charge in [-0.15, -0.1) is 0 Å². The van der Waals surface area contributed by atoms with E-state index in [1.54, 1.807) is 25.6 Å². The van der Waals surface area contributed by atoms with Crippen LogP contribution in [0.25, 0.3) is 0 Å². The predicted molar refractivity (Wildman–Crippen MR) is 144 cm³/mol. The molecule has 0 saturated heterocycles. The molecule has 0 aromatic rings. The van der Waals surface area contributed by atoms with E-state index in [9.17, 15) is 0 Å². The molecule has 0 aromatic heterocycles. The van der Waals surface area contributed by atoms with Crippen LogP contribution < -0.4 is 24.8 Å². The van der Waals surface area contributed by atoms with Gasteiger partial charge in [0, 0.05) is 0 Å². The van der Waals surface area contributed by atoms with Crippen molar-refractivity contribution in [2.24, 2.45) is 0 Å². The van der Waals surface area contributed by atoms with E-state index in [1.807, 2.05) is 10.7 Å². The van der Waals surface area contributed by atoms with Crippen molar-refractivity contribution in [2.45, 2.75) is 81.1 Å². The molecule has 0 N–H and O–H groups in total. The summed E-state index contributed by atoms with van der Waals surface area (Å²) in [5.41, 5.74) is 12.4. The Bertz CT molecular complexity index is 977. The monoisotopic (exact) mass is 709 g/mol. The van der Waals surface area contributed by atoms with E-state index < -0.39 is 39.6 Å². The number of hydrogen-bond donors (Lipinski definition) is 0. The van der Waals surface area contributed by atoms with Crippen molar-refractivity contribution in [3.8, 4) is 0 Å². The Kier molecular flexibility index (Phi) is 16.5. The average molecular weight is 714 g/mol. The van der Waals surface area contributed by atoms with Gasteiger partial charge in [-0.3, -0.25) is 0 Å². The normalized spacial score (nSPS) is 18.6. The molecule has 0 bridgehead atoms. The van der Waals surface area contributed by atoms with Crippen LogP contribution in [0.5, 0.6) is 0 Å². The molecule has 4 rings (SSSR count). The third-order valence-electron chi connectivity index (χ3n) is 7.31. The van der Waals surface area contributed by atoms with Gasteiger partial charge >= 0.3 is 126 Å². The van der Waals surface area contributed by atoms with Gasteiger partial charge in [0.25, 0.3) is 0 Å². The predicted octanol–water partition coefficient (Wildman–Crippen LogP) is 4.99. The van der Waals surface area contributed by atoms with Crippen molar-refractivity contribution >= 4 is 17.0 Å². The van der Waals surface area contributed by atoms with Crippen LogP contribution in [0.15, 0.2) is 87.6 Å². The molecule has 0 spiro atoms. The molecule has 0 fully saturated rings. The van der Waals surface area contributed by atoms with Crippen LogP contribution in [0.2, 0.25) is 13.9 Å². The summed E-state index contributed by atoms with van der Waals surface area (Å²) in [6.07, 6.45) is 17.5. The molecule has 0 amide bonds. The minimum absolute atomic E-state index is 0. The van der Waals surface area contributed by atoms with Gasteiger partial charge in [-0.1, -0.05) is 11.1 Å². The summed E-state index contributed by atoms with van der Waals surface area (Å²) in [4.78, 5) is 0. The van der Waals surface area contributed by atoms with Crippen LogP contribution in [0.4, 0.5) is 0 Å². The van der Waals surface area contributed by atoms with Crippen LogP contribution in [-0.2, 0) is 39.6 Å². The Morgan fingerprint density at radius 2 is 1.11 bits per heavy atom. The van der Waals surface area contributed by atoms with Crippen molar-refractivity contribution in [3.05, 3.63) is 87.6 Å². The number of halogens is 4. The van der Waals surface area contributed by atoms with E-state index in [0.717, 1.165) is 6.42 Å². The largest absolute Gasteiger partial charge is 1.00 e. The molecular formula is C29H41Cl4Zr2. The minimum Gasteiger partial charge on any atom is -1.00 e. The summed E-state index contributed by atoms with van der Waals surface area (Å²) < 4.78 is 9.90. The first kappa shape index (κ1) is 35.8. The van der Waals surface area contributed by atoms with E-state index >= 15 is 0 Å². The SMILES string of the molecule is CC1=C(C)C(C)=C(C2=C(C)C(C)=C(C)C2)C1.[CH3][Zr+2]([CH3])[C]1=CC=CC1.[CH3][Zr]([Cl])([Cl])[C]1=CC=CC1.[Cl-].[Cl-]. The van der Waals surface area contributed by atoms with Crippen LogP contribution in [-0.4, -0.2) is 0 Å². The fourth-order valence-corrected chi connectivity index (χ4v) is 10.5. The van der Waals surface area contributed by atoms with Gasteiger partial charge in [0.1, 0.15) is 0 Å². The molecule has 35 heavy (non-hydrogen) atoms. The van der Waals surface area contributed by atoms with Crippen molar-refractivity contribution in [2.75, 3.05) is 0 Å². The van der Waals surface area contributed by atoms with E-state index in [1.165, 1.54) is 44.8 Å². The number of allylic oxidation sites excluding steroid dienone is 16. The van der Waals surface area contributed by atoms with Crippen LogP contribution >= 0.6 is 17.0 Å². The first-order chi connectivity index (χ1) is 15.3. The molecule has 0 atom stereocenters. The molecule has 6 heteroatoms. The maximum absolute atomic E-state index is 6.01. The van der Waals surface area contributed by atoms with Gasteiger partial charge in [0.05, 0.1) is 0 Å². The molecule has 0 saturated carbocycles. The molecule has 0 aliphatic heterocycles. The second-order valence-electron chi connectivity index (χ2n) is 9.91. The molecule has 4 aliphatic rings. The molecular weight excluding hydrogens is 673 g/mol. The smallest absolute Gasteiger partial charge is 1.00 e. The molecule has 0 heterocycles. The number of rotatable bonds is 3. The average Bonchev–Trinajstić information content (AvgIpc) is 3.53. The molecule has 0 nitrogen and oxygen atoms in total. The molecule has 0 unspecified atom stereocenters. The van der Waals surface area contributed by atoms with Crippen molar-refractivity contribution in [1.29, 1.82) is 0 Å². The van der Waals surface area contributed by atoms with E-state index in [2.05, 4.69) is 81.2 Å². The zero-order valence-electron chi connectivity index (χ0n) is 22.8. The van der Waals surface area contributed by atoms with E-state index in [0.29, 0.717) is 0 Å². The maximum Gasteiger partial charge on any atom is -1.00 e. The third kappa shape index (κ3) is 10.2. The Morgan fingerprint density at radius 3 is 1.31 bits per heavy atom. The summed E-state index contributed by atoms with van der Waals surface area (Å²) in [6, 6.07) is 0. The Hall–Kier alpha value is 0.846. The van der Waals surface area contributed by atoms with Crippen LogP contribution in [0.3, 0.4) is 0 Å². The molecule has 0 aromatic carbocycles. The first-order valence-corrected chi connectivity index (χ1v) is 28.1. The second kappa shape index (κ2) is 16.1. The van der Waals surface area contributed by atoms with Gasteiger partial charge < -0.3 is 24.8 Å². The Balaban J connectivity index is 0.000000523. The topological polar surface area (TPSA) is 0 Å². The minimum atomic E-state index is -2.65. The van der Waals surface area contributed by atoms with Crippen molar-refractivity contribution in [1.82, 2.24) is 0 Å². The van der Waals surface area contributed by atoms with Gasteiger partial charge in [0.2, 0.25) is 0 Å². The first-order valence-electron chi connectivity index (χ1n) is 12.0. The maximum atomic E-state index is 6.01. The van der Waals surface area contributed by atoms with Crippen LogP contribution in [0, 0.1) is 0 Å². The third-order valence-corrected chi connectivity index (χ3v) is 17.9. The summed E-state index contributed by atoms with van der Waals surface area (Å²) in [6.45, 7) is 13.6. The van der Waals surface area contributed by atoms with E-state index in [-0.39, 0.29) is 24.8 Å². The molecule has 0 radical (unpaired) electrons. The number of hydrogen-bond acceptors (Lipinski definition) is 0. The van der Waals surface area contributed by atoms with Gasteiger partial charge in [0.15, 0.2) is 0 Å². The summed E-state index contributed by atoms with van der Waals surface area (Å²) >= 11 is -3.56. The van der Waals surface area contributed by atoms with Crippen LogP contribution in [0.1, 0.15) is 67.2 Å². The summed E-state index contributed by atoms with van der Waals surface area (Å²) in [5, 5.41) is 0. The standard InChI is InChI=1S/C16H22.2C5H5.3CH3.4ClH.2Zr/c1-9-7-15(13(5)11(9)3)16-8-10(2)12(4)14(16)6;2*1-2-4-5-3-1;;;;;;;;;/h7-8H2,1-6H3;2*1-3H,4H2;3*1H3;4*1H;;/q;;;;;;;;;;2*+2/p-4. The zero-order valence-corrected chi connectivity index (χ0v) is 30.7. The van der Waals surface area contributed by atoms with Gasteiger partial charge in [-0.25, -0.2) is 0 Å². The summed E-state index contributed by atoms with van der Waals surface area (Å²) in [7, 11) is 12.0. The molecule has 193 valence electrons. The quantitative estimate of drug-likeness (QED) is 0.387. The van der Waals surface area contributed by atoms with Gasteiger partial charge in [-0.2, -0.15) is 0 Å². The Labute approximate surface area is 247 Å². The summed E-state index contributed by atoms with van der Waals surface area (Å²) in [5.74, 6) is 0. The van der Waals surface area contributed by atoms with Crippen molar-refractivity contribution in [3.63, 3.8) is 0 Å². The Morgan fingerprint density at radius 1 is 0.686 bits per heavy atom. The zero-order chi connectivity index (χ0) is 24.9. The van der Waals surface area contributed by atoms with Gasteiger partial charge in [-0.05, 0) is 87.8 Å². The fraction of sp³-hybridized carbons (Fsp3) is 0.448. The van der Waals surface area contributed by atoms with E-state index in [4.69, 9.17) is 17.0 Å². The fourth-order valence-electron chi connectivity index (χ4n) is 4.41. The second-order valence-corrected chi connectivity index (χ2v) is 32.4. The molecule has 4 aliphatic carbocycles.